The summed E-state index contributed by atoms with van der Waals surface area (Å²) in [5.74, 6) is -1.12. The molecule has 1 aliphatic rings. The van der Waals surface area contributed by atoms with Crippen LogP contribution in [0.4, 0.5) is 0 Å². The topological polar surface area (TPSA) is 75.7 Å². The molecule has 0 unspecified atom stereocenters. The van der Waals surface area contributed by atoms with Gasteiger partial charge in [0.1, 0.15) is 6.54 Å². The SMILES string of the molecule is COC(=O)/C=C1\S[C@@H](C)C(=O)N1CC(=O)NCCc1ccc(Cl)cc1Cl. The van der Waals surface area contributed by atoms with Gasteiger partial charge in [0.05, 0.1) is 23.5 Å². The molecule has 1 atom stereocenters. The summed E-state index contributed by atoms with van der Waals surface area (Å²) in [6.45, 7) is 1.92. The average Bonchev–Trinajstić information content (AvgIpc) is 2.84. The lowest BCUT2D eigenvalue weighted by Gasteiger charge is -2.16. The van der Waals surface area contributed by atoms with Crippen molar-refractivity contribution in [3.05, 3.63) is 44.9 Å². The van der Waals surface area contributed by atoms with E-state index in [1.165, 1.54) is 29.8 Å². The van der Waals surface area contributed by atoms with Crippen LogP contribution in [0, 0.1) is 0 Å². The van der Waals surface area contributed by atoms with E-state index in [9.17, 15) is 14.4 Å². The fraction of sp³-hybridized carbons (Fsp3) is 0.353. The average molecular weight is 417 g/mol. The van der Waals surface area contributed by atoms with E-state index in [1.807, 2.05) is 0 Å². The van der Waals surface area contributed by atoms with Gasteiger partial charge in [0.2, 0.25) is 11.8 Å². The van der Waals surface area contributed by atoms with E-state index in [2.05, 4.69) is 10.1 Å². The number of carbonyl (C=O) groups is 3. The number of rotatable bonds is 6. The van der Waals surface area contributed by atoms with Gasteiger partial charge < -0.3 is 10.1 Å². The largest absolute Gasteiger partial charge is 0.466 e. The molecule has 0 bridgehead atoms. The van der Waals surface area contributed by atoms with Crippen molar-refractivity contribution in [2.24, 2.45) is 0 Å². The number of ether oxygens (including phenoxy) is 1. The second-order valence-electron chi connectivity index (χ2n) is 5.53. The van der Waals surface area contributed by atoms with Crippen LogP contribution in [0.15, 0.2) is 29.3 Å². The Bertz CT molecular complexity index is 754. The third-order valence-electron chi connectivity index (χ3n) is 3.65. The lowest BCUT2D eigenvalue weighted by molar-refractivity contribution is -0.135. The molecule has 0 saturated carbocycles. The van der Waals surface area contributed by atoms with Crippen LogP contribution >= 0.6 is 35.0 Å². The van der Waals surface area contributed by atoms with Gasteiger partial charge in [-0.1, -0.05) is 41.0 Å². The number of amides is 2. The minimum absolute atomic E-state index is 0.159. The standard InChI is InChI=1S/C17H18Cl2N2O4S/c1-10-17(24)21(15(26-10)8-16(23)25-2)9-14(22)20-6-5-11-3-4-12(18)7-13(11)19/h3-4,7-8,10H,5-6,9H2,1-2H3,(H,20,22)/b15-8-/t10-/m0/s1. The first-order valence-electron chi connectivity index (χ1n) is 7.80. The number of esters is 1. The monoisotopic (exact) mass is 416 g/mol. The summed E-state index contributed by atoms with van der Waals surface area (Å²) in [5, 5.41) is 3.88. The fourth-order valence-electron chi connectivity index (χ4n) is 2.31. The smallest absolute Gasteiger partial charge is 0.333 e. The fourth-order valence-corrected chi connectivity index (χ4v) is 3.85. The van der Waals surface area contributed by atoms with Crippen LogP contribution < -0.4 is 5.32 Å². The van der Waals surface area contributed by atoms with Crippen molar-refractivity contribution in [1.82, 2.24) is 10.2 Å². The molecule has 0 spiro atoms. The van der Waals surface area contributed by atoms with Crippen LogP contribution in [-0.4, -0.2) is 48.1 Å². The van der Waals surface area contributed by atoms with Crippen molar-refractivity contribution in [3.63, 3.8) is 0 Å². The van der Waals surface area contributed by atoms with Gasteiger partial charge in [-0.3, -0.25) is 14.5 Å². The maximum Gasteiger partial charge on any atom is 0.333 e. The highest BCUT2D eigenvalue weighted by atomic mass is 35.5. The number of hydrogen-bond acceptors (Lipinski definition) is 5. The molecule has 1 aromatic carbocycles. The van der Waals surface area contributed by atoms with Gasteiger partial charge in [-0.2, -0.15) is 0 Å². The molecule has 1 aromatic rings. The van der Waals surface area contributed by atoms with Gasteiger partial charge in [-0.15, -0.1) is 0 Å². The minimum atomic E-state index is -0.572. The maximum absolute atomic E-state index is 12.2. The number of nitrogens with one attached hydrogen (secondary N) is 1. The van der Waals surface area contributed by atoms with Gasteiger partial charge in [0.25, 0.3) is 0 Å². The van der Waals surface area contributed by atoms with Gasteiger partial charge in [0.15, 0.2) is 0 Å². The summed E-state index contributed by atoms with van der Waals surface area (Å²) in [6, 6.07) is 5.18. The highest BCUT2D eigenvalue weighted by molar-refractivity contribution is 8.04. The molecule has 0 radical (unpaired) electrons. The van der Waals surface area contributed by atoms with Crippen molar-refractivity contribution in [1.29, 1.82) is 0 Å². The van der Waals surface area contributed by atoms with E-state index < -0.39 is 5.97 Å². The Morgan fingerprint density at radius 2 is 2.12 bits per heavy atom. The third kappa shape index (κ3) is 5.40. The second-order valence-corrected chi connectivity index (χ2v) is 7.73. The molecular weight excluding hydrogens is 399 g/mol. The first-order valence-corrected chi connectivity index (χ1v) is 9.43. The van der Waals surface area contributed by atoms with E-state index in [0.717, 1.165) is 5.56 Å². The summed E-state index contributed by atoms with van der Waals surface area (Å²) in [7, 11) is 1.25. The summed E-state index contributed by atoms with van der Waals surface area (Å²) in [4.78, 5) is 37.1. The van der Waals surface area contributed by atoms with E-state index in [0.29, 0.717) is 28.0 Å². The summed E-state index contributed by atoms with van der Waals surface area (Å²) in [5.41, 5.74) is 0.865. The highest BCUT2D eigenvalue weighted by Crippen LogP contribution is 2.34. The number of methoxy groups -OCH3 is 1. The van der Waals surface area contributed by atoms with E-state index in [1.54, 1.807) is 25.1 Å². The first kappa shape index (κ1) is 20.6. The molecule has 0 aliphatic carbocycles. The molecular formula is C17H18Cl2N2O4S. The van der Waals surface area contributed by atoms with E-state index >= 15 is 0 Å². The molecule has 9 heteroatoms. The maximum atomic E-state index is 12.2. The lowest BCUT2D eigenvalue weighted by atomic mass is 10.1. The lowest BCUT2D eigenvalue weighted by Crippen LogP contribution is -2.39. The molecule has 1 aliphatic heterocycles. The van der Waals surface area contributed by atoms with Crippen molar-refractivity contribution in [2.45, 2.75) is 18.6 Å². The zero-order chi connectivity index (χ0) is 19.3. The third-order valence-corrected chi connectivity index (χ3v) is 5.38. The highest BCUT2D eigenvalue weighted by Gasteiger charge is 2.35. The van der Waals surface area contributed by atoms with Crippen LogP contribution in [0.5, 0.6) is 0 Å². The van der Waals surface area contributed by atoms with Crippen molar-refractivity contribution < 1.29 is 19.1 Å². The molecule has 1 heterocycles. The Labute approximate surface area is 165 Å². The van der Waals surface area contributed by atoms with Gasteiger partial charge in [-0.25, -0.2) is 4.79 Å². The van der Waals surface area contributed by atoms with E-state index in [4.69, 9.17) is 23.2 Å². The second kappa shape index (κ2) is 9.30. The molecule has 2 amide bonds. The Kier molecular flexibility index (Phi) is 7.37. The molecule has 140 valence electrons. The Morgan fingerprint density at radius 1 is 1.38 bits per heavy atom. The number of benzene rings is 1. The van der Waals surface area contributed by atoms with Crippen molar-refractivity contribution >= 4 is 52.7 Å². The quantitative estimate of drug-likeness (QED) is 0.569. The molecule has 2 rings (SSSR count). The van der Waals surface area contributed by atoms with Gasteiger partial charge in [-0.05, 0) is 31.0 Å². The Morgan fingerprint density at radius 3 is 2.77 bits per heavy atom. The molecule has 1 fully saturated rings. The molecule has 0 aromatic heterocycles. The van der Waals surface area contributed by atoms with Crippen LogP contribution in [0.1, 0.15) is 12.5 Å². The number of halogens is 2. The molecule has 26 heavy (non-hydrogen) atoms. The van der Waals surface area contributed by atoms with Crippen molar-refractivity contribution in [3.8, 4) is 0 Å². The van der Waals surface area contributed by atoms with Crippen molar-refractivity contribution in [2.75, 3.05) is 20.2 Å². The predicted octanol–water partition coefficient (Wildman–Crippen LogP) is 2.63. The molecule has 1 saturated heterocycles. The minimum Gasteiger partial charge on any atom is -0.466 e. The summed E-state index contributed by atoms with van der Waals surface area (Å²) >= 11 is 13.2. The van der Waals surface area contributed by atoms with Crippen LogP contribution in [0.3, 0.4) is 0 Å². The normalized spacial score (nSPS) is 18.3. The zero-order valence-corrected chi connectivity index (χ0v) is 16.6. The number of carbonyl (C=O) groups excluding carboxylic acids is 3. The molecule has 1 N–H and O–H groups in total. The zero-order valence-electron chi connectivity index (χ0n) is 14.3. The number of hydrogen-bond donors (Lipinski definition) is 1. The number of thioether (sulfide) groups is 1. The van der Waals surface area contributed by atoms with Gasteiger partial charge >= 0.3 is 5.97 Å². The Balaban J connectivity index is 1.92. The van der Waals surface area contributed by atoms with E-state index in [-0.39, 0.29) is 23.6 Å². The summed E-state index contributed by atoms with van der Waals surface area (Å²) < 4.78 is 4.58. The van der Waals surface area contributed by atoms with Crippen LogP contribution in [-0.2, 0) is 25.5 Å². The predicted molar refractivity (Wildman–Crippen MR) is 102 cm³/mol. The van der Waals surface area contributed by atoms with Crippen LogP contribution in [0.25, 0.3) is 0 Å². The van der Waals surface area contributed by atoms with Crippen LogP contribution in [0.2, 0.25) is 10.0 Å². The Hall–Kier alpha value is -1.70. The molecule has 6 nitrogen and oxygen atoms in total. The summed E-state index contributed by atoms with van der Waals surface area (Å²) in [6.07, 6.45) is 1.75. The van der Waals surface area contributed by atoms with Gasteiger partial charge in [0, 0.05) is 16.6 Å². The first-order chi connectivity index (χ1) is 12.3. The number of nitrogens with zero attached hydrogens (tertiary/aromatic N) is 1.